The number of piperidine rings is 1. The second kappa shape index (κ2) is 9.73. The molecule has 0 bridgehead atoms. The minimum absolute atomic E-state index is 0.202. The molecule has 30 heavy (non-hydrogen) atoms. The van der Waals surface area contributed by atoms with Gasteiger partial charge in [0.2, 0.25) is 10.0 Å². The predicted molar refractivity (Wildman–Crippen MR) is 111 cm³/mol. The molecule has 0 saturated carbocycles. The number of carbonyl (C=O) groups is 2. The summed E-state index contributed by atoms with van der Waals surface area (Å²) >= 11 is 0. The molecule has 0 aliphatic carbocycles. The molecule has 1 aliphatic rings. The van der Waals surface area contributed by atoms with Gasteiger partial charge in [-0.25, -0.2) is 13.2 Å². The van der Waals surface area contributed by atoms with E-state index in [1.807, 2.05) is 0 Å². The van der Waals surface area contributed by atoms with Crippen molar-refractivity contribution in [1.82, 2.24) is 4.31 Å². The van der Waals surface area contributed by atoms with E-state index in [0.717, 1.165) is 19.3 Å². The van der Waals surface area contributed by atoms with Crippen LogP contribution in [0.3, 0.4) is 0 Å². The van der Waals surface area contributed by atoms with Gasteiger partial charge in [0.15, 0.2) is 6.61 Å². The first-order chi connectivity index (χ1) is 14.4. The molecule has 8 nitrogen and oxygen atoms in total. The second-order valence-corrected chi connectivity index (χ2v) is 8.75. The minimum atomic E-state index is -3.51. The number of hydrogen-bond donors (Lipinski definition) is 1. The first-order valence-electron chi connectivity index (χ1n) is 9.62. The molecule has 0 unspecified atom stereocenters. The molecule has 1 saturated heterocycles. The van der Waals surface area contributed by atoms with Gasteiger partial charge in [0.05, 0.1) is 23.3 Å². The highest BCUT2D eigenvalue weighted by Crippen LogP contribution is 2.23. The van der Waals surface area contributed by atoms with Crippen molar-refractivity contribution < 1.29 is 27.5 Å². The first kappa shape index (κ1) is 21.8. The molecule has 2 aromatic rings. The number of benzene rings is 2. The molecule has 1 amide bonds. The lowest BCUT2D eigenvalue weighted by Gasteiger charge is -2.25. The maximum atomic E-state index is 12.7. The summed E-state index contributed by atoms with van der Waals surface area (Å²) < 4.78 is 37.0. The Kier molecular flexibility index (Phi) is 7.07. The van der Waals surface area contributed by atoms with Crippen molar-refractivity contribution in [3.8, 4) is 5.75 Å². The molecule has 1 fully saturated rings. The van der Waals surface area contributed by atoms with Crippen molar-refractivity contribution in [3.05, 3.63) is 54.1 Å². The van der Waals surface area contributed by atoms with E-state index in [1.165, 1.54) is 35.7 Å². The van der Waals surface area contributed by atoms with Crippen LogP contribution in [-0.2, 0) is 19.6 Å². The Bertz CT molecular complexity index is 998. The van der Waals surface area contributed by atoms with E-state index in [0.29, 0.717) is 24.5 Å². The third kappa shape index (κ3) is 5.17. The molecular formula is C21H24N2O6S. The summed E-state index contributed by atoms with van der Waals surface area (Å²) in [6.45, 7) is 0.773. The van der Waals surface area contributed by atoms with E-state index >= 15 is 0 Å². The summed E-state index contributed by atoms with van der Waals surface area (Å²) in [5.74, 6) is -0.655. The Morgan fingerprint density at radius 3 is 2.33 bits per heavy atom. The zero-order valence-electron chi connectivity index (χ0n) is 16.7. The average Bonchev–Trinajstić information content (AvgIpc) is 2.78. The van der Waals surface area contributed by atoms with E-state index < -0.39 is 21.9 Å². The maximum Gasteiger partial charge on any atom is 0.339 e. The molecule has 3 rings (SSSR count). The fourth-order valence-electron chi connectivity index (χ4n) is 3.18. The zero-order valence-corrected chi connectivity index (χ0v) is 17.5. The molecule has 9 heteroatoms. The van der Waals surface area contributed by atoms with Crippen LogP contribution in [0.25, 0.3) is 0 Å². The number of carbonyl (C=O) groups excluding carboxylic acids is 2. The quantitative estimate of drug-likeness (QED) is 0.675. The monoisotopic (exact) mass is 432 g/mol. The highest BCUT2D eigenvalue weighted by molar-refractivity contribution is 7.89. The van der Waals surface area contributed by atoms with Crippen LogP contribution < -0.4 is 10.1 Å². The van der Waals surface area contributed by atoms with Crippen molar-refractivity contribution in [2.24, 2.45) is 0 Å². The summed E-state index contributed by atoms with van der Waals surface area (Å²) in [7, 11) is -2.25. The van der Waals surface area contributed by atoms with Crippen molar-refractivity contribution in [2.45, 2.75) is 24.2 Å². The van der Waals surface area contributed by atoms with Gasteiger partial charge in [0.25, 0.3) is 5.91 Å². The molecule has 0 atom stereocenters. The third-order valence-corrected chi connectivity index (χ3v) is 6.67. The molecule has 0 aromatic heterocycles. The number of hydrogen-bond acceptors (Lipinski definition) is 6. The molecular weight excluding hydrogens is 408 g/mol. The number of anilines is 1. The summed E-state index contributed by atoms with van der Waals surface area (Å²) in [4.78, 5) is 24.2. The summed E-state index contributed by atoms with van der Waals surface area (Å²) in [6, 6.07) is 12.5. The van der Waals surface area contributed by atoms with E-state index in [1.54, 1.807) is 24.3 Å². The summed E-state index contributed by atoms with van der Waals surface area (Å²) in [5.41, 5.74) is 0.557. The van der Waals surface area contributed by atoms with Crippen LogP contribution >= 0.6 is 0 Å². The Morgan fingerprint density at radius 2 is 1.67 bits per heavy atom. The molecule has 1 heterocycles. The van der Waals surface area contributed by atoms with Gasteiger partial charge in [-0.3, -0.25) is 4.79 Å². The molecule has 0 radical (unpaired) electrons. The number of ether oxygens (including phenoxy) is 2. The summed E-state index contributed by atoms with van der Waals surface area (Å²) in [5, 5.41) is 2.61. The van der Waals surface area contributed by atoms with Crippen LogP contribution in [0.5, 0.6) is 5.75 Å². The Morgan fingerprint density at radius 1 is 1.00 bits per heavy atom. The highest BCUT2D eigenvalue weighted by atomic mass is 32.2. The number of para-hydroxylation sites is 1. The van der Waals surface area contributed by atoms with Gasteiger partial charge in [0, 0.05) is 13.1 Å². The van der Waals surface area contributed by atoms with Crippen LogP contribution in [-0.4, -0.2) is 51.4 Å². The molecule has 2 aromatic carbocycles. The zero-order chi connectivity index (χ0) is 21.6. The van der Waals surface area contributed by atoms with Gasteiger partial charge in [-0.2, -0.15) is 4.31 Å². The van der Waals surface area contributed by atoms with Crippen LogP contribution in [0.2, 0.25) is 0 Å². The van der Waals surface area contributed by atoms with Crippen molar-refractivity contribution in [1.29, 1.82) is 0 Å². The van der Waals surface area contributed by atoms with Crippen molar-refractivity contribution in [3.63, 3.8) is 0 Å². The van der Waals surface area contributed by atoms with Gasteiger partial charge in [-0.05, 0) is 49.2 Å². The van der Waals surface area contributed by atoms with Crippen LogP contribution in [0.4, 0.5) is 5.69 Å². The van der Waals surface area contributed by atoms with Gasteiger partial charge >= 0.3 is 5.97 Å². The number of methoxy groups -OCH3 is 1. The average molecular weight is 432 g/mol. The second-order valence-electron chi connectivity index (χ2n) is 6.81. The lowest BCUT2D eigenvalue weighted by Crippen LogP contribution is -2.35. The Hall–Kier alpha value is -2.91. The molecule has 1 N–H and O–H groups in total. The standard InChI is InChI=1S/C21H24N2O6S/c1-28-21(25)18-7-3-4-8-19(18)22-20(24)15-29-16-9-11-17(12-10-16)30(26,27)23-13-5-2-6-14-23/h3-4,7-12H,2,5-6,13-15H2,1H3,(H,22,24). The largest absolute Gasteiger partial charge is 0.484 e. The smallest absolute Gasteiger partial charge is 0.339 e. The summed E-state index contributed by atoms with van der Waals surface area (Å²) in [6.07, 6.45) is 2.79. The molecule has 1 aliphatic heterocycles. The number of nitrogens with zero attached hydrogens (tertiary/aromatic N) is 1. The van der Waals surface area contributed by atoms with E-state index in [4.69, 9.17) is 9.47 Å². The lowest BCUT2D eigenvalue weighted by atomic mass is 10.2. The van der Waals surface area contributed by atoms with Crippen molar-refractivity contribution in [2.75, 3.05) is 32.1 Å². The first-order valence-corrected chi connectivity index (χ1v) is 11.1. The third-order valence-electron chi connectivity index (χ3n) is 4.75. The van der Waals surface area contributed by atoms with Gasteiger partial charge in [-0.1, -0.05) is 18.6 Å². The topological polar surface area (TPSA) is 102 Å². The van der Waals surface area contributed by atoms with Gasteiger partial charge in [-0.15, -0.1) is 0 Å². The fraction of sp³-hybridized carbons (Fsp3) is 0.333. The fourth-order valence-corrected chi connectivity index (χ4v) is 4.69. The van der Waals surface area contributed by atoms with Crippen LogP contribution in [0.15, 0.2) is 53.4 Å². The number of esters is 1. The van der Waals surface area contributed by atoms with E-state index in [9.17, 15) is 18.0 Å². The van der Waals surface area contributed by atoms with E-state index in [-0.39, 0.29) is 17.1 Å². The Labute approximate surface area is 175 Å². The normalized spacial score (nSPS) is 14.7. The highest BCUT2D eigenvalue weighted by Gasteiger charge is 2.25. The van der Waals surface area contributed by atoms with Crippen molar-refractivity contribution >= 4 is 27.6 Å². The number of rotatable bonds is 7. The van der Waals surface area contributed by atoms with Gasteiger partial charge < -0.3 is 14.8 Å². The van der Waals surface area contributed by atoms with E-state index in [2.05, 4.69) is 5.32 Å². The predicted octanol–water partition coefficient (Wildman–Crippen LogP) is 2.67. The molecule has 0 spiro atoms. The van der Waals surface area contributed by atoms with Crippen LogP contribution in [0, 0.1) is 0 Å². The number of sulfonamides is 1. The lowest BCUT2D eigenvalue weighted by molar-refractivity contribution is -0.118. The van der Waals surface area contributed by atoms with Gasteiger partial charge in [0.1, 0.15) is 5.75 Å². The minimum Gasteiger partial charge on any atom is -0.484 e. The van der Waals surface area contributed by atoms with Crippen LogP contribution in [0.1, 0.15) is 29.6 Å². The number of amides is 1. The number of nitrogens with one attached hydrogen (secondary N) is 1. The molecule has 160 valence electrons. The maximum absolute atomic E-state index is 12.7. The SMILES string of the molecule is COC(=O)c1ccccc1NC(=O)COc1ccc(S(=O)(=O)N2CCCCC2)cc1. The Balaban J connectivity index is 1.59.